The summed E-state index contributed by atoms with van der Waals surface area (Å²) in [5.41, 5.74) is 0. The Labute approximate surface area is 207 Å². The first-order valence-corrected chi connectivity index (χ1v) is 11.4. The largest absolute Gasteiger partial charge is 0.484 e. The number of hydrogen-bond acceptors (Lipinski definition) is 12. The fraction of sp³-hybridized carbons (Fsp3) is 0.500. The van der Waals surface area contributed by atoms with E-state index < -0.39 is 23.1 Å². The predicted octanol–water partition coefficient (Wildman–Crippen LogP) is -0.0280. The van der Waals surface area contributed by atoms with Gasteiger partial charge in [0.05, 0.1) is 52.9 Å². The molecule has 1 aliphatic heterocycles. The molecule has 0 radical (unpaired) electrons. The van der Waals surface area contributed by atoms with E-state index in [1.54, 1.807) is 0 Å². The number of ether oxygens (including phenoxy) is 8. The molecule has 3 aliphatic rings. The van der Waals surface area contributed by atoms with E-state index in [0.717, 1.165) is 24.3 Å². The molecule has 0 aromatic rings. The lowest BCUT2D eigenvalue weighted by Gasteiger charge is -2.17. The van der Waals surface area contributed by atoms with Crippen LogP contribution in [0.5, 0.6) is 0 Å². The van der Waals surface area contributed by atoms with Crippen molar-refractivity contribution in [2.75, 3.05) is 79.3 Å². The van der Waals surface area contributed by atoms with Crippen molar-refractivity contribution in [1.29, 1.82) is 0 Å². The van der Waals surface area contributed by atoms with Gasteiger partial charge in [0.2, 0.25) is 46.2 Å². The molecule has 0 bridgehead atoms. The number of carbonyl (C=O) groups is 4. The predicted molar refractivity (Wildman–Crippen MR) is 119 cm³/mol. The molecule has 12 nitrogen and oxygen atoms in total. The average Bonchev–Trinajstić information content (AvgIpc) is 2.86. The van der Waals surface area contributed by atoms with Crippen LogP contribution in [0.25, 0.3) is 0 Å². The van der Waals surface area contributed by atoms with Gasteiger partial charge in [0.15, 0.2) is 0 Å². The van der Waals surface area contributed by atoms with Crippen molar-refractivity contribution in [2.24, 2.45) is 0 Å². The van der Waals surface area contributed by atoms with Gasteiger partial charge in [-0.15, -0.1) is 0 Å². The summed E-state index contributed by atoms with van der Waals surface area (Å²) in [6.45, 7) is 1.56. The van der Waals surface area contributed by atoms with Crippen molar-refractivity contribution in [3.05, 3.63) is 47.3 Å². The maximum absolute atomic E-state index is 12.1. The Bertz CT molecular complexity index is 795. The van der Waals surface area contributed by atoms with E-state index >= 15 is 0 Å². The summed E-state index contributed by atoms with van der Waals surface area (Å²) in [5, 5.41) is 0. The molecule has 0 spiro atoms. The van der Waals surface area contributed by atoms with E-state index in [9.17, 15) is 19.2 Å². The van der Waals surface area contributed by atoms with Crippen LogP contribution in [-0.4, -0.2) is 102 Å². The van der Waals surface area contributed by atoms with Crippen LogP contribution in [0.15, 0.2) is 47.3 Å². The summed E-state index contributed by atoms with van der Waals surface area (Å²) in [6, 6.07) is 0. The van der Waals surface area contributed by atoms with Crippen LogP contribution in [0.4, 0.5) is 0 Å². The summed E-state index contributed by atoms with van der Waals surface area (Å²) >= 11 is 0. The minimum absolute atomic E-state index is 0.0204. The van der Waals surface area contributed by atoms with Gasteiger partial charge in [0, 0.05) is 0 Å². The van der Waals surface area contributed by atoms with E-state index in [4.69, 9.17) is 37.9 Å². The molecule has 2 aliphatic carbocycles. The number of hydrogen-bond donors (Lipinski definition) is 0. The fourth-order valence-electron chi connectivity index (χ4n) is 3.05. The second-order valence-electron chi connectivity index (χ2n) is 7.28. The summed E-state index contributed by atoms with van der Waals surface area (Å²) in [6.07, 6.45) is 4.50. The molecule has 0 saturated carbocycles. The van der Waals surface area contributed by atoms with Crippen molar-refractivity contribution >= 4 is 23.1 Å². The van der Waals surface area contributed by atoms with Crippen molar-refractivity contribution in [3.8, 4) is 0 Å². The number of allylic oxidation sites excluding steroid dienone is 4. The van der Waals surface area contributed by atoms with Gasteiger partial charge in [-0.25, -0.2) is 0 Å². The van der Waals surface area contributed by atoms with Crippen LogP contribution in [0, 0.1) is 0 Å². The second-order valence-corrected chi connectivity index (χ2v) is 7.28. The molecule has 0 amide bonds. The standard InChI is InChI=1S/C24H28O12/c25-17-1-2-18(26)22-21(17)33-13-9-29-5-6-31-11-15-35-23-19(27)3-4-20(28)24(23)36-16-12-32-8-7-30-10-14-34-22/h1-4H,5-16H2. The third-order valence-electron chi connectivity index (χ3n) is 4.72. The molecule has 0 aromatic carbocycles. The quantitative estimate of drug-likeness (QED) is 0.406. The first-order valence-electron chi connectivity index (χ1n) is 11.4. The van der Waals surface area contributed by atoms with Crippen molar-refractivity contribution < 1.29 is 57.1 Å². The van der Waals surface area contributed by atoms with E-state index in [-0.39, 0.29) is 102 Å². The Kier molecular flexibility index (Phi) is 11.3. The van der Waals surface area contributed by atoms with Crippen LogP contribution in [-0.2, 0) is 57.1 Å². The van der Waals surface area contributed by atoms with Gasteiger partial charge in [-0.3, -0.25) is 19.2 Å². The molecule has 0 N–H and O–H groups in total. The zero-order valence-electron chi connectivity index (χ0n) is 19.7. The van der Waals surface area contributed by atoms with Gasteiger partial charge in [-0.05, 0) is 24.3 Å². The lowest BCUT2D eigenvalue weighted by atomic mass is 10.1. The highest BCUT2D eigenvalue weighted by Crippen LogP contribution is 2.18. The molecule has 3 rings (SSSR count). The van der Waals surface area contributed by atoms with E-state index in [1.807, 2.05) is 0 Å². The van der Waals surface area contributed by atoms with E-state index in [0.29, 0.717) is 0 Å². The van der Waals surface area contributed by atoms with Crippen LogP contribution < -0.4 is 0 Å². The molecule has 0 saturated heterocycles. The van der Waals surface area contributed by atoms with Crippen LogP contribution >= 0.6 is 0 Å². The van der Waals surface area contributed by atoms with Crippen molar-refractivity contribution in [2.45, 2.75) is 0 Å². The zero-order valence-corrected chi connectivity index (χ0v) is 19.7. The van der Waals surface area contributed by atoms with Crippen molar-refractivity contribution in [3.63, 3.8) is 0 Å². The topological polar surface area (TPSA) is 142 Å². The van der Waals surface area contributed by atoms with E-state index in [2.05, 4.69) is 0 Å². The lowest BCUT2D eigenvalue weighted by Crippen LogP contribution is -2.22. The number of ketones is 4. The van der Waals surface area contributed by atoms with Crippen LogP contribution in [0.2, 0.25) is 0 Å². The van der Waals surface area contributed by atoms with Crippen LogP contribution in [0.3, 0.4) is 0 Å². The average molecular weight is 508 g/mol. The molecule has 12 heteroatoms. The Balaban J connectivity index is 1.53. The fourth-order valence-corrected chi connectivity index (χ4v) is 3.05. The second kappa shape index (κ2) is 14.9. The molecule has 36 heavy (non-hydrogen) atoms. The maximum atomic E-state index is 12.1. The van der Waals surface area contributed by atoms with Gasteiger partial charge < -0.3 is 37.9 Å². The minimum atomic E-state index is -0.474. The van der Waals surface area contributed by atoms with Gasteiger partial charge in [-0.1, -0.05) is 0 Å². The molecule has 0 unspecified atom stereocenters. The summed E-state index contributed by atoms with van der Waals surface area (Å²) < 4.78 is 43.3. The Morgan fingerprint density at radius 2 is 0.528 bits per heavy atom. The summed E-state index contributed by atoms with van der Waals surface area (Å²) in [4.78, 5) is 48.5. The first kappa shape index (κ1) is 27.3. The Morgan fingerprint density at radius 3 is 0.750 bits per heavy atom. The SMILES string of the molecule is O=C1C=CC(=O)C2=C1OCCOCCOCCOC1=C(OCCOCCOCCO2)C(=O)C=CC1=O. The summed E-state index contributed by atoms with van der Waals surface area (Å²) in [7, 11) is 0. The minimum Gasteiger partial charge on any atom is -0.484 e. The number of carbonyl (C=O) groups excluding carboxylic acids is 4. The van der Waals surface area contributed by atoms with Crippen LogP contribution in [0.1, 0.15) is 0 Å². The molecule has 196 valence electrons. The third-order valence-corrected chi connectivity index (χ3v) is 4.72. The molecular weight excluding hydrogens is 480 g/mol. The third kappa shape index (κ3) is 8.41. The first-order chi connectivity index (χ1) is 17.6. The zero-order chi connectivity index (χ0) is 25.6. The van der Waals surface area contributed by atoms with Gasteiger partial charge in [0.25, 0.3) is 0 Å². The molecular formula is C24H28O12. The van der Waals surface area contributed by atoms with Gasteiger partial charge >= 0.3 is 0 Å². The highest BCUT2D eigenvalue weighted by Gasteiger charge is 2.27. The smallest absolute Gasteiger partial charge is 0.224 e. The molecule has 0 atom stereocenters. The maximum Gasteiger partial charge on any atom is 0.224 e. The molecule has 1 heterocycles. The van der Waals surface area contributed by atoms with Crippen molar-refractivity contribution in [1.82, 2.24) is 0 Å². The van der Waals surface area contributed by atoms with E-state index in [1.165, 1.54) is 0 Å². The van der Waals surface area contributed by atoms with Gasteiger partial charge in [-0.2, -0.15) is 0 Å². The number of rotatable bonds is 0. The normalized spacial score (nSPS) is 22.4. The molecule has 0 fully saturated rings. The molecule has 0 aromatic heterocycles. The highest BCUT2D eigenvalue weighted by atomic mass is 16.6. The monoisotopic (exact) mass is 508 g/mol. The summed E-state index contributed by atoms with van der Waals surface area (Å²) in [5.74, 6) is -2.58. The van der Waals surface area contributed by atoms with Gasteiger partial charge in [0.1, 0.15) is 26.4 Å². The Hall–Kier alpha value is -3.32. The Morgan fingerprint density at radius 1 is 0.333 bits per heavy atom. The highest BCUT2D eigenvalue weighted by molar-refractivity contribution is 6.18. The lowest BCUT2D eigenvalue weighted by molar-refractivity contribution is -0.121.